The number of nitrogens with zero attached hydrogens (tertiary/aromatic N) is 4. The Labute approximate surface area is 165 Å². The number of benzene rings is 1. The van der Waals surface area contributed by atoms with Crippen molar-refractivity contribution in [1.29, 1.82) is 0 Å². The topological polar surface area (TPSA) is 34.0 Å². The van der Waals surface area contributed by atoms with Gasteiger partial charge in [-0.2, -0.15) is 0 Å². The monoisotopic (exact) mass is 368 g/mol. The van der Waals surface area contributed by atoms with Crippen LogP contribution in [0.2, 0.25) is 0 Å². The predicted octanol–water partition coefficient (Wildman–Crippen LogP) is 4.90. The molecule has 0 bridgehead atoms. The minimum atomic E-state index is 0.606. The van der Waals surface area contributed by atoms with E-state index in [-0.39, 0.29) is 0 Å². The van der Waals surface area contributed by atoms with Gasteiger partial charge in [0.05, 0.1) is 5.52 Å². The minimum absolute atomic E-state index is 0.606. The number of aromatic nitrogens is 3. The van der Waals surface area contributed by atoms with E-state index < -0.39 is 0 Å². The molecule has 1 aliphatic rings. The molecule has 4 aromatic rings. The zero-order valence-electron chi connectivity index (χ0n) is 16.1. The van der Waals surface area contributed by atoms with E-state index in [1.807, 2.05) is 24.8 Å². The molecule has 0 saturated carbocycles. The van der Waals surface area contributed by atoms with Gasteiger partial charge in [-0.3, -0.25) is 9.97 Å². The molecule has 1 aliphatic heterocycles. The fourth-order valence-electron chi connectivity index (χ4n) is 4.34. The zero-order valence-corrected chi connectivity index (χ0v) is 16.1. The van der Waals surface area contributed by atoms with Crippen molar-refractivity contribution in [2.24, 2.45) is 0 Å². The Morgan fingerprint density at radius 2 is 1.50 bits per heavy atom. The van der Waals surface area contributed by atoms with Gasteiger partial charge < -0.3 is 9.47 Å². The summed E-state index contributed by atoms with van der Waals surface area (Å²) < 4.78 is 2.32. The molecular formula is C24H24N4. The first-order valence-corrected chi connectivity index (χ1v) is 9.94. The molecule has 4 nitrogen and oxygen atoms in total. The van der Waals surface area contributed by atoms with Gasteiger partial charge in [0.15, 0.2) is 0 Å². The Hall–Kier alpha value is -2.98. The molecule has 4 heterocycles. The number of likely N-dealkylation sites (tertiary alicyclic amines) is 1. The molecule has 1 saturated heterocycles. The van der Waals surface area contributed by atoms with Crippen molar-refractivity contribution in [2.45, 2.75) is 18.8 Å². The summed E-state index contributed by atoms with van der Waals surface area (Å²) in [6, 6.07) is 15.1. The van der Waals surface area contributed by atoms with Gasteiger partial charge in [0.2, 0.25) is 0 Å². The van der Waals surface area contributed by atoms with E-state index in [0.29, 0.717) is 5.92 Å². The van der Waals surface area contributed by atoms with Gasteiger partial charge in [-0.05, 0) is 92.0 Å². The molecule has 28 heavy (non-hydrogen) atoms. The quantitative estimate of drug-likeness (QED) is 0.516. The SMILES string of the molecule is CN1CCC(c2cn(-c3ccncc3)c3ccc(-c4ccncc4)cc23)CC1. The maximum atomic E-state index is 4.18. The first-order valence-electron chi connectivity index (χ1n) is 9.94. The predicted molar refractivity (Wildman–Crippen MR) is 114 cm³/mol. The Morgan fingerprint density at radius 1 is 0.821 bits per heavy atom. The van der Waals surface area contributed by atoms with Crippen LogP contribution in [0.4, 0.5) is 0 Å². The first kappa shape index (κ1) is 17.1. The number of piperidine rings is 1. The van der Waals surface area contributed by atoms with Crippen LogP contribution in [0.25, 0.3) is 27.7 Å². The number of hydrogen-bond donors (Lipinski definition) is 0. The fourth-order valence-corrected chi connectivity index (χ4v) is 4.34. The smallest absolute Gasteiger partial charge is 0.0531 e. The summed E-state index contributed by atoms with van der Waals surface area (Å²) in [4.78, 5) is 10.8. The highest BCUT2D eigenvalue weighted by atomic mass is 15.1. The fraction of sp³-hybridized carbons (Fsp3) is 0.250. The molecule has 0 N–H and O–H groups in total. The number of hydrogen-bond acceptors (Lipinski definition) is 3. The summed E-state index contributed by atoms with van der Waals surface area (Å²) in [7, 11) is 2.22. The highest BCUT2D eigenvalue weighted by molar-refractivity contribution is 5.90. The van der Waals surface area contributed by atoms with Crippen LogP contribution in [0.3, 0.4) is 0 Å². The Balaban J connectivity index is 1.67. The normalized spacial score (nSPS) is 15.9. The van der Waals surface area contributed by atoms with Crippen molar-refractivity contribution in [1.82, 2.24) is 19.4 Å². The Kier molecular flexibility index (Phi) is 4.41. The third-order valence-corrected chi connectivity index (χ3v) is 5.95. The maximum Gasteiger partial charge on any atom is 0.0531 e. The summed E-state index contributed by atoms with van der Waals surface area (Å²) in [5.41, 5.74) is 6.35. The molecule has 4 heteroatoms. The molecule has 0 atom stereocenters. The van der Waals surface area contributed by atoms with E-state index in [2.05, 4.69) is 75.1 Å². The van der Waals surface area contributed by atoms with Gasteiger partial charge in [-0.25, -0.2) is 0 Å². The largest absolute Gasteiger partial charge is 0.316 e. The summed E-state index contributed by atoms with van der Waals surface area (Å²) in [6.45, 7) is 2.33. The summed E-state index contributed by atoms with van der Waals surface area (Å²) in [6.07, 6.45) is 12.2. The molecule has 140 valence electrons. The van der Waals surface area contributed by atoms with Crippen LogP contribution in [0, 0.1) is 0 Å². The van der Waals surface area contributed by atoms with Crippen LogP contribution >= 0.6 is 0 Å². The Bertz CT molecular complexity index is 1080. The van der Waals surface area contributed by atoms with Crippen LogP contribution < -0.4 is 0 Å². The highest BCUT2D eigenvalue weighted by Crippen LogP contribution is 2.37. The van der Waals surface area contributed by atoms with Crippen molar-refractivity contribution >= 4 is 10.9 Å². The third-order valence-electron chi connectivity index (χ3n) is 5.95. The maximum absolute atomic E-state index is 4.18. The molecule has 1 fully saturated rings. The van der Waals surface area contributed by atoms with Crippen molar-refractivity contribution in [3.63, 3.8) is 0 Å². The minimum Gasteiger partial charge on any atom is -0.316 e. The molecule has 0 unspecified atom stereocenters. The standard InChI is InChI=1S/C24H24N4/c1-27-14-8-19(9-15-27)23-17-28(21-6-12-26-13-7-21)24-3-2-20(16-22(23)24)18-4-10-25-11-5-18/h2-7,10-13,16-17,19H,8-9,14-15H2,1H3. The van der Waals surface area contributed by atoms with Crippen LogP contribution in [-0.4, -0.2) is 39.6 Å². The van der Waals surface area contributed by atoms with Crippen LogP contribution in [-0.2, 0) is 0 Å². The second kappa shape index (κ2) is 7.21. The second-order valence-corrected chi connectivity index (χ2v) is 7.71. The molecule has 0 aliphatic carbocycles. The summed E-state index contributed by atoms with van der Waals surface area (Å²) in [5.74, 6) is 0.606. The highest BCUT2D eigenvalue weighted by Gasteiger charge is 2.23. The average molecular weight is 368 g/mol. The van der Waals surface area contributed by atoms with Gasteiger partial charge in [-0.1, -0.05) is 6.07 Å². The van der Waals surface area contributed by atoms with E-state index in [1.54, 1.807) is 0 Å². The van der Waals surface area contributed by atoms with E-state index in [9.17, 15) is 0 Å². The molecule has 3 aromatic heterocycles. The van der Waals surface area contributed by atoms with Gasteiger partial charge in [0.25, 0.3) is 0 Å². The number of rotatable bonds is 3. The van der Waals surface area contributed by atoms with Crippen molar-refractivity contribution < 1.29 is 0 Å². The first-order chi connectivity index (χ1) is 13.8. The second-order valence-electron chi connectivity index (χ2n) is 7.71. The molecule has 5 rings (SSSR count). The summed E-state index contributed by atoms with van der Waals surface area (Å²) in [5, 5.41) is 1.36. The van der Waals surface area contributed by atoms with E-state index in [0.717, 1.165) is 18.8 Å². The molecular weight excluding hydrogens is 344 g/mol. The van der Waals surface area contributed by atoms with Crippen LogP contribution in [0.5, 0.6) is 0 Å². The summed E-state index contributed by atoms with van der Waals surface area (Å²) >= 11 is 0. The third kappa shape index (κ3) is 3.10. The Morgan fingerprint density at radius 3 is 2.21 bits per heavy atom. The van der Waals surface area contributed by atoms with Gasteiger partial charge in [0, 0.05) is 42.1 Å². The molecule has 0 amide bonds. The molecule has 0 spiro atoms. The number of pyridine rings is 2. The molecule has 1 aromatic carbocycles. The van der Waals surface area contributed by atoms with Crippen molar-refractivity contribution in [3.8, 4) is 16.8 Å². The van der Waals surface area contributed by atoms with E-state index >= 15 is 0 Å². The lowest BCUT2D eigenvalue weighted by atomic mass is 9.89. The van der Waals surface area contributed by atoms with Crippen molar-refractivity contribution in [3.05, 3.63) is 79.0 Å². The lowest BCUT2D eigenvalue weighted by Gasteiger charge is -2.28. The van der Waals surface area contributed by atoms with E-state index in [4.69, 9.17) is 0 Å². The van der Waals surface area contributed by atoms with Gasteiger partial charge >= 0.3 is 0 Å². The molecule has 0 radical (unpaired) electrons. The lowest BCUT2D eigenvalue weighted by molar-refractivity contribution is 0.256. The van der Waals surface area contributed by atoms with Crippen LogP contribution in [0.15, 0.2) is 73.4 Å². The average Bonchev–Trinajstić information content (AvgIpc) is 3.14. The van der Waals surface area contributed by atoms with Crippen LogP contribution in [0.1, 0.15) is 24.3 Å². The van der Waals surface area contributed by atoms with Gasteiger partial charge in [-0.15, -0.1) is 0 Å². The van der Waals surface area contributed by atoms with E-state index in [1.165, 1.54) is 40.4 Å². The van der Waals surface area contributed by atoms with Crippen molar-refractivity contribution in [2.75, 3.05) is 20.1 Å². The van der Waals surface area contributed by atoms with Gasteiger partial charge in [0.1, 0.15) is 0 Å². The lowest BCUT2D eigenvalue weighted by Crippen LogP contribution is -2.29. The zero-order chi connectivity index (χ0) is 18.9. The number of fused-ring (bicyclic) bond motifs is 1.